The van der Waals surface area contributed by atoms with Crippen molar-refractivity contribution in [3.05, 3.63) is 53.1 Å². The standard InChI is InChI=1S/C30H26ClF2N9O2S/c1-44-28-38-24-17(11-19(31)22(23(24)33)16-5-6-20(32)25-21(16)18(12-34)26(35)45-25)27(39-28)40-9-3-2-7-30(13-40)8-4-10-41(30)29(43)42-15-36-14-37-42/h5-6,11,14-15H,2-4,7-10,13,35H2,1H3. The van der Waals surface area contributed by atoms with Crippen molar-refractivity contribution in [2.24, 2.45) is 0 Å². The van der Waals surface area contributed by atoms with Gasteiger partial charge in [0.25, 0.3) is 0 Å². The van der Waals surface area contributed by atoms with E-state index in [0.29, 0.717) is 30.8 Å². The smallest absolute Gasteiger partial charge is 0.346 e. The summed E-state index contributed by atoms with van der Waals surface area (Å²) in [6.45, 7) is 1.62. The Balaban J connectivity index is 1.38. The van der Waals surface area contributed by atoms with Crippen LogP contribution in [0.2, 0.25) is 5.02 Å². The van der Waals surface area contributed by atoms with E-state index in [0.717, 1.165) is 43.4 Å². The van der Waals surface area contributed by atoms with E-state index in [1.165, 1.54) is 36.6 Å². The number of nitrogens with two attached hydrogens (primary N) is 1. The number of anilines is 2. The maximum Gasteiger partial charge on any atom is 0.346 e. The first-order valence-electron chi connectivity index (χ1n) is 14.3. The molecule has 0 radical (unpaired) electrons. The quantitative estimate of drug-likeness (QED) is 0.250. The molecule has 2 N–H and O–H groups in total. The van der Waals surface area contributed by atoms with Crippen LogP contribution in [0.5, 0.6) is 6.01 Å². The number of hydrogen-bond acceptors (Lipinski definition) is 10. The lowest BCUT2D eigenvalue weighted by Gasteiger charge is -2.40. The van der Waals surface area contributed by atoms with Gasteiger partial charge in [0.15, 0.2) is 5.82 Å². The average Bonchev–Trinajstić information content (AvgIpc) is 3.75. The molecule has 0 saturated carbocycles. The lowest BCUT2D eigenvalue weighted by atomic mass is 9.90. The molecule has 2 fully saturated rings. The van der Waals surface area contributed by atoms with Gasteiger partial charge in [0, 0.05) is 36.0 Å². The Morgan fingerprint density at radius 3 is 2.78 bits per heavy atom. The summed E-state index contributed by atoms with van der Waals surface area (Å²) in [6, 6.07) is 5.90. The van der Waals surface area contributed by atoms with Gasteiger partial charge in [0.2, 0.25) is 0 Å². The predicted octanol–water partition coefficient (Wildman–Crippen LogP) is 5.99. The number of likely N-dealkylation sites (tertiary alicyclic amines) is 1. The molecule has 5 heterocycles. The summed E-state index contributed by atoms with van der Waals surface area (Å²) in [4.78, 5) is 30.4. The molecule has 11 nitrogen and oxygen atoms in total. The van der Waals surface area contributed by atoms with Crippen molar-refractivity contribution in [2.45, 2.75) is 37.6 Å². The Morgan fingerprint density at radius 2 is 2.02 bits per heavy atom. The van der Waals surface area contributed by atoms with Crippen LogP contribution in [-0.4, -0.2) is 67.9 Å². The summed E-state index contributed by atoms with van der Waals surface area (Å²) in [5, 5.41) is 14.6. The summed E-state index contributed by atoms with van der Waals surface area (Å²) < 4.78 is 38.3. The summed E-state index contributed by atoms with van der Waals surface area (Å²) in [5.74, 6) is -0.921. The fraction of sp³-hybridized carbons (Fsp3) is 0.333. The van der Waals surface area contributed by atoms with Crippen molar-refractivity contribution < 1.29 is 18.3 Å². The molecule has 1 atom stereocenters. The number of amides is 1. The van der Waals surface area contributed by atoms with Crippen LogP contribution in [0.4, 0.5) is 24.4 Å². The molecule has 45 heavy (non-hydrogen) atoms. The number of rotatable bonds is 3. The van der Waals surface area contributed by atoms with E-state index in [1.54, 1.807) is 6.07 Å². The number of carbonyl (C=O) groups excluding carboxylic acids is 1. The molecule has 3 aromatic heterocycles. The van der Waals surface area contributed by atoms with Crippen molar-refractivity contribution in [1.29, 1.82) is 5.26 Å². The van der Waals surface area contributed by atoms with Gasteiger partial charge in [-0.3, -0.25) is 0 Å². The van der Waals surface area contributed by atoms with Gasteiger partial charge in [-0.05, 0) is 49.8 Å². The number of carbonyl (C=O) groups is 1. The molecule has 2 aliphatic heterocycles. The summed E-state index contributed by atoms with van der Waals surface area (Å²) in [6.07, 6.45) is 6.83. The second-order valence-corrected chi connectivity index (χ2v) is 12.7. The highest BCUT2D eigenvalue weighted by molar-refractivity contribution is 7.23. The second kappa shape index (κ2) is 11.1. The van der Waals surface area contributed by atoms with Crippen LogP contribution in [-0.2, 0) is 0 Å². The number of aromatic nitrogens is 5. The first kappa shape index (κ1) is 29.1. The van der Waals surface area contributed by atoms with Crippen LogP contribution in [0.25, 0.3) is 32.1 Å². The van der Waals surface area contributed by atoms with E-state index in [4.69, 9.17) is 22.1 Å². The van der Waals surface area contributed by atoms with Crippen molar-refractivity contribution in [3.63, 3.8) is 0 Å². The number of halogens is 3. The Labute approximate surface area is 264 Å². The van der Waals surface area contributed by atoms with Crippen molar-refractivity contribution >= 4 is 60.8 Å². The van der Waals surface area contributed by atoms with E-state index in [2.05, 4.69) is 20.1 Å². The minimum atomic E-state index is -0.769. The Kier molecular flexibility index (Phi) is 7.17. The van der Waals surface area contributed by atoms with Gasteiger partial charge in [0.1, 0.15) is 40.9 Å². The molecule has 7 rings (SSSR count). The third kappa shape index (κ3) is 4.60. The molecule has 0 aliphatic carbocycles. The molecule has 5 aromatic rings. The normalized spacial score (nSPS) is 18.6. The Bertz CT molecular complexity index is 2030. The zero-order valence-electron chi connectivity index (χ0n) is 24.1. The van der Waals surface area contributed by atoms with Crippen molar-refractivity contribution in [1.82, 2.24) is 29.6 Å². The molecule has 1 amide bonds. The number of thiophene rings is 1. The highest BCUT2D eigenvalue weighted by atomic mass is 35.5. The van der Waals surface area contributed by atoms with E-state index >= 15 is 4.39 Å². The molecule has 2 aromatic carbocycles. The molecular weight excluding hydrogens is 624 g/mol. The van der Waals surface area contributed by atoms with E-state index < -0.39 is 17.2 Å². The maximum absolute atomic E-state index is 16.7. The Morgan fingerprint density at radius 1 is 1.20 bits per heavy atom. The van der Waals surface area contributed by atoms with Gasteiger partial charge in [-0.2, -0.15) is 25.0 Å². The van der Waals surface area contributed by atoms with E-state index in [9.17, 15) is 14.4 Å². The minimum Gasteiger partial charge on any atom is -0.467 e. The number of nitriles is 1. The third-order valence-corrected chi connectivity index (χ3v) is 10.1. The molecule has 1 unspecified atom stereocenters. The van der Waals surface area contributed by atoms with Gasteiger partial charge in [0.05, 0.1) is 27.9 Å². The maximum atomic E-state index is 16.7. The topological polar surface area (TPSA) is 139 Å². The summed E-state index contributed by atoms with van der Waals surface area (Å²) in [7, 11) is 1.40. The number of nitrogens with zero attached hydrogens (tertiary/aromatic N) is 8. The summed E-state index contributed by atoms with van der Waals surface area (Å²) in [5.41, 5.74) is 5.72. The van der Waals surface area contributed by atoms with Gasteiger partial charge in [-0.15, -0.1) is 11.3 Å². The average molecular weight is 650 g/mol. The van der Waals surface area contributed by atoms with Crippen LogP contribution in [0, 0.1) is 23.0 Å². The van der Waals surface area contributed by atoms with Gasteiger partial charge >= 0.3 is 12.0 Å². The largest absolute Gasteiger partial charge is 0.467 e. The molecule has 2 saturated heterocycles. The molecule has 1 spiro atoms. The molecular formula is C30H26ClF2N9O2S. The van der Waals surface area contributed by atoms with Crippen LogP contribution in [0.1, 0.15) is 37.7 Å². The number of fused-ring (bicyclic) bond motifs is 2. The SMILES string of the molecule is COc1nc(N2CCCCC3(CCCN3C(=O)n3cncn3)C2)c2cc(Cl)c(-c3ccc(F)c4sc(N)c(C#N)c34)c(F)c2n1. The third-order valence-electron chi connectivity index (χ3n) is 8.77. The molecule has 230 valence electrons. The molecule has 0 bridgehead atoms. The first-order valence-corrected chi connectivity index (χ1v) is 15.5. The van der Waals surface area contributed by atoms with Crippen LogP contribution < -0.4 is 15.4 Å². The van der Waals surface area contributed by atoms with E-state index in [-0.39, 0.29) is 54.4 Å². The number of nitrogen functional groups attached to an aromatic ring is 1. The number of ether oxygens (including phenoxy) is 1. The zero-order valence-corrected chi connectivity index (χ0v) is 25.6. The lowest BCUT2D eigenvalue weighted by molar-refractivity contribution is 0.142. The fourth-order valence-electron chi connectivity index (χ4n) is 6.79. The number of methoxy groups -OCH3 is 1. The monoisotopic (exact) mass is 649 g/mol. The number of hydrogen-bond donors (Lipinski definition) is 1. The molecule has 15 heteroatoms. The lowest BCUT2D eigenvalue weighted by Crippen LogP contribution is -2.54. The van der Waals surface area contributed by atoms with Gasteiger partial charge in [-0.1, -0.05) is 17.7 Å². The van der Waals surface area contributed by atoms with Crippen LogP contribution in [0.15, 0.2) is 30.9 Å². The number of benzene rings is 2. The molecule has 2 aliphatic rings. The van der Waals surface area contributed by atoms with E-state index in [1.807, 2.05) is 15.9 Å². The van der Waals surface area contributed by atoms with Gasteiger partial charge in [-0.25, -0.2) is 18.6 Å². The fourth-order valence-corrected chi connectivity index (χ4v) is 8.03. The van der Waals surface area contributed by atoms with Crippen LogP contribution >= 0.6 is 22.9 Å². The zero-order chi connectivity index (χ0) is 31.5. The van der Waals surface area contributed by atoms with Crippen molar-refractivity contribution in [3.8, 4) is 23.2 Å². The summed E-state index contributed by atoms with van der Waals surface area (Å²) >= 11 is 7.75. The van der Waals surface area contributed by atoms with Crippen molar-refractivity contribution in [2.75, 3.05) is 37.4 Å². The first-order chi connectivity index (χ1) is 21.8. The minimum absolute atomic E-state index is 0.0324. The second-order valence-electron chi connectivity index (χ2n) is 11.2. The predicted molar refractivity (Wildman–Crippen MR) is 167 cm³/mol. The Hall–Kier alpha value is -4.61. The highest BCUT2D eigenvalue weighted by Gasteiger charge is 2.46. The van der Waals surface area contributed by atoms with Gasteiger partial charge < -0.3 is 20.3 Å². The van der Waals surface area contributed by atoms with Crippen LogP contribution in [0.3, 0.4) is 0 Å². The highest BCUT2D eigenvalue weighted by Crippen LogP contribution is 2.46.